The highest BCUT2D eigenvalue weighted by atomic mass is 32.1. The van der Waals surface area contributed by atoms with Crippen molar-refractivity contribution in [3.63, 3.8) is 0 Å². The number of carbonyl (C=O) groups excluding carboxylic acids is 3. The van der Waals surface area contributed by atoms with Crippen molar-refractivity contribution < 1.29 is 34.1 Å². The number of hydrogen-bond donors (Lipinski definition) is 5. The number of ether oxygens (including phenoxy) is 1. The number of nitrogens with one attached hydrogen (secondary N) is 3. The number of aromatic nitrogens is 1. The fourth-order valence-corrected chi connectivity index (χ4v) is 6.79. The lowest BCUT2D eigenvalue weighted by atomic mass is 9.85. The van der Waals surface area contributed by atoms with Gasteiger partial charge in [-0.2, -0.15) is 0 Å². The SMILES string of the molecule is Cc1ncsc1-c1ccc(CNC(=O)[C@@H]2C[C@@H](O)CN2C(=O)C(NC(=O)COC2CCN(CCCNC(=O)O)CC2)C(C)(C)C)cc1. The van der Waals surface area contributed by atoms with Crippen molar-refractivity contribution in [2.75, 3.05) is 39.3 Å². The summed E-state index contributed by atoms with van der Waals surface area (Å²) in [6.07, 6.45) is 0.373. The minimum atomic E-state index is -1.02. The number of piperidine rings is 1. The maximum absolute atomic E-state index is 13.9. The van der Waals surface area contributed by atoms with Crippen molar-refractivity contribution >= 4 is 35.2 Å². The molecule has 0 saturated carbocycles. The van der Waals surface area contributed by atoms with Crippen LogP contribution in [-0.4, -0.2) is 112 Å². The smallest absolute Gasteiger partial charge is 0.404 e. The van der Waals surface area contributed by atoms with Gasteiger partial charge in [0.05, 0.1) is 28.3 Å². The van der Waals surface area contributed by atoms with Crippen molar-refractivity contribution in [3.05, 3.63) is 41.0 Å². The molecule has 2 saturated heterocycles. The Kier molecular flexibility index (Phi) is 12.7. The number of hydrogen-bond acceptors (Lipinski definition) is 9. The number of thiazole rings is 1. The first-order valence-corrected chi connectivity index (χ1v) is 17.1. The summed E-state index contributed by atoms with van der Waals surface area (Å²) in [7, 11) is 0. The molecule has 2 aliphatic heterocycles. The summed E-state index contributed by atoms with van der Waals surface area (Å²) in [5, 5.41) is 27.3. The van der Waals surface area contributed by atoms with Crippen LogP contribution in [0.5, 0.6) is 0 Å². The van der Waals surface area contributed by atoms with Gasteiger partial charge in [0.25, 0.3) is 0 Å². The molecule has 0 radical (unpaired) electrons. The van der Waals surface area contributed by atoms with Crippen molar-refractivity contribution in [1.29, 1.82) is 0 Å². The first-order chi connectivity index (χ1) is 22.3. The Hall–Kier alpha value is -3.59. The molecule has 3 heterocycles. The van der Waals surface area contributed by atoms with Crippen LogP contribution in [0.25, 0.3) is 10.4 Å². The zero-order chi connectivity index (χ0) is 34.1. The molecular formula is C33H48N6O7S. The molecule has 47 heavy (non-hydrogen) atoms. The van der Waals surface area contributed by atoms with Crippen LogP contribution in [0.2, 0.25) is 0 Å². The highest BCUT2D eigenvalue weighted by Gasteiger charge is 2.44. The summed E-state index contributed by atoms with van der Waals surface area (Å²) in [4.78, 5) is 59.8. The van der Waals surface area contributed by atoms with Crippen LogP contribution in [0.4, 0.5) is 4.79 Å². The normalized spacial score (nSPS) is 19.7. The van der Waals surface area contributed by atoms with E-state index in [4.69, 9.17) is 9.84 Å². The Morgan fingerprint density at radius 2 is 1.81 bits per heavy atom. The summed E-state index contributed by atoms with van der Waals surface area (Å²) in [5.74, 6) is -1.19. The van der Waals surface area contributed by atoms with Crippen LogP contribution < -0.4 is 16.0 Å². The number of likely N-dealkylation sites (tertiary alicyclic amines) is 2. The molecule has 5 N–H and O–H groups in total. The van der Waals surface area contributed by atoms with E-state index in [1.165, 1.54) is 4.90 Å². The zero-order valence-electron chi connectivity index (χ0n) is 27.7. The van der Waals surface area contributed by atoms with Crippen molar-refractivity contribution in [3.8, 4) is 10.4 Å². The number of aliphatic hydroxyl groups is 1. The molecule has 1 aromatic heterocycles. The van der Waals surface area contributed by atoms with Gasteiger partial charge in [0.15, 0.2) is 0 Å². The van der Waals surface area contributed by atoms with Gasteiger partial charge in [0.2, 0.25) is 17.7 Å². The molecule has 0 bridgehead atoms. The van der Waals surface area contributed by atoms with Gasteiger partial charge in [0.1, 0.15) is 18.7 Å². The zero-order valence-corrected chi connectivity index (χ0v) is 28.5. The lowest BCUT2D eigenvalue weighted by Gasteiger charge is -2.35. The first kappa shape index (κ1) is 36.2. The monoisotopic (exact) mass is 672 g/mol. The molecule has 3 atom stereocenters. The summed E-state index contributed by atoms with van der Waals surface area (Å²) in [6, 6.07) is 6.08. The van der Waals surface area contributed by atoms with Gasteiger partial charge < -0.3 is 40.7 Å². The second-order valence-corrected chi connectivity index (χ2v) is 14.2. The minimum Gasteiger partial charge on any atom is -0.465 e. The fraction of sp³-hybridized carbons (Fsp3) is 0.606. The molecule has 4 amide bonds. The average molecular weight is 673 g/mol. The molecule has 0 spiro atoms. The topological polar surface area (TPSA) is 173 Å². The molecule has 2 fully saturated rings. The van der Waals surface area contributed by atoms with Gasteiger partial charge in [-0.05, 0) is 49.3 Å². The van der Waals surface area contributed by atoms with Crippen LogP contribution in [-0.2, 0) is 25.7 Å². The van der Waals surface area contributed by atoms with E-state index in [0.717, 1.165) is 60.6 Å². The Labute approximate surface area is 280 Å². The van der Waals surface area contributed by atoms with E-state index in [9.17, 15) is 24.3 Å². The third kappa shape index (κ3) is 10.4. The summed E-state index contributed by atoms with van der Waals surface area (Å²) < 4.78 is 5.89. The van der Waals surface area contributed by atoms with Crippen LogP contribution in [0, 0.1) is 12.3 Å². The van der Waals surface area contributed by atoms with Gasteiger partial charge in [-0.25, -0.2) is 9.78 Å². The van der Waals surface area contributed by atoms with E-state index in [2.05, 4.69) is 25.8 Å². The van der Waals surface area contributed by atoms with Gasteiger partial charge in [-0.3, -0.25) is 14.4 Å². The lowest BCUT2D eigenvalue weighted by Crippen LogP contribution is -2.58. The largest absolute Gasteiger partial charge is 0.465 e. The molecule has 258 valence electrons. The Balaban J connectivity index is 1.27. The molecule has 1 unspecified atom stereocenters. The fourth-order valence-electron chi connectivity index (χ4n) is 5.97. The van der Waals surface area contributed by atoms with Gasteiger partial charge >= 0.3 is 6.09 Å². The maximum atomic E-state index is 13.9. The van der Waals surface area contributed by atoms with Gasteiger partial charge in [-0.15, -0.1) is 11.3 Å². The van der Waals surface area contributed by atoms with Gasteiger partial charge in [0, 0.05) is 39.1 Å². The predicted molar refractivity (Wildman–Crippen MR) is 178 cm³/mol. The summed E-state index contributed by atoms with van der Waals surface area (Å²) in [5.41, 5.74) is 4.07. The number of benzene rings is 1. The highest BCUT2D eigenvalue weighted by Crippen LogP contribution is 2.28. The van der Waals surface area contributed by atoms with E-state index in [-0.39, 0.29) is 38.1 Å². The van der Waals surface area contributed by atoms with Crippen LogP contribution in [0.1, 0.15) is 57.7 Å². The third-order valence-corrected chi connectivity index (χ3v) is 9.60. The number of amides is 4. The van der Waals surface area contributed by atoms with Crippen molar-refractivity contribution in [2.45, 2.75) is 84.2 Å². The lowest BCUT2D eigenvalue weighted by molar-refractivity contribution is -0.145. The molecule has 0 aliphatic carbocycles. The van der Waals surface area contributed by atoms with E-state index < -0.39 is 41.5 Å². The van der Waals surface area contributed by atoms with E-state index >= 15 is 0 Å². The van der Waals surface area contributed by atoms with E-state index in [1.54, 1.807) is 11.3 Å². The number of aryl methyl sites for hydroxylation is 1. The third-order valence-electron chi connectivity index (χ3n) is 8.62. The molecule has 2 aromatic rings. The molecular weight excluding hydrogens is 624 g/mol. The number of aliphatic hydroxyl groups excluding tert-OH is 1. The van der Waals surface area contributed by atoms with Crippen LogP contribution in [0.15, 0.2) is 29.8 Å². The van der Waals surface area contributed by atoms with Crippen LogP contribution >= 0.6 is 11.3 Å². The second kappa shape index (κ2) is 16.5. The number of carboxylic acid groups (broad SMARTS) is 1. The summed E-state index contributed by atoms with van der Waals surface area (Å²) in [6.45, 7) is 10.4. The first-order valence-electron chi connectivity index (χ1n) is 16.2. The summed E-state index contributed by atoms with van der Waals surface area (Å²) >= 11 is 1.58. The minimum absolute atomic E-state index is 0.00368. The number of nitrogens with zero attached hydrogens (tertiary/aromatic N) is 3. The standard InChI is InChI=1S/C33H48N6O7S/c1-21-28(47-20-36-21)23-8-6-22(7-9-23)17-35-30(42)26-16-24(40)18-39(26)31(43)29(33(2,3)4)37-27(41)19-46-25-10-14-38(15-11-25)13-5-12-34-32(44)45/h6-9,20,24-26,29,34,40H,5,10-19H2,1-4H3,(H,35,42)(H,37,41)(H,44,45)/t24-,26+,29?/m1/s1. The molecule has 2 aliphatic rings. The predicted octanol–water partition coefficient (Wildman–Crippen LogP) is 2.37. The molecule has 4 rings (SSSR count). The number of β-amino-alcohol motifs (C(OH)–C–C–N with tert-alkyl or cyclic N) is 1. The van der Waals surface area contributed by atoms with E-state index in [1.807, 2.05) is 57.5 Å². The Bertz CT molecular complexity index is 1370. The number of rotatable bonds is 13. The van der Waals surface area contributed by atoms with Crippen molar-refractivity contribution in [2.24, 2.45) is 5.41 Å². The molecule has 13 nitrogen and oxygen atoms in total. The van der Waals surface area contributed by atoms with E-state index in [0.29, 0.717) is 6.54 Å². The molecule has 1 aromatic carbocycles. The highest BCUT2D eigenvalue weighted by molar-refractivity contribution is 7.13. The molecule has 14 heteroatoms. The average Bonchev–Trinajstić information content (AvgIpc) is 3.64. The second-order valence-electron chi connectivity index (χ2n) is 13.4. The van der Waals surface area contributed by atoms with Gasteiger partial charge in [-0.1, -0.05) is 45.0 Å². The number of carbonyl (C=O) groups is 4. The Morgan fingerprint density at radius 3 is 2.43 bits per heavy atom. The van der Waals surface area contributed by atoms with Crippen LogP contribution in [0.3, 0.4) is 0 Å². The maximum Gasteiger partial charge on any atom is 0.404 e. The van der Waals surface area contributed by atoms with Crippen molar-refractivity contribution in [1.82, 2.24) is 30.7 Å². The Morgan fingerprint density at radius 1 is 1.11 bits per heavy atom. The quantitative estimate of drug-likeness (QED) is 0.200.